The minimum atomic E-state index is 0.540. The van der Waals surface area contributed by atoms with Crippen molar-refractivity contribution >= 4 is 0 Å². The Morgan fingerprint density at radius 1 is 1.13 bits per heavy atom. The predicted octanol–water partition coefficient (Wildman–Crippen LogP) is 3.74. The number of hydrogen-bond donors (Lipinski definition) is 1. The van der Waals surface area contributed by atoms with Crippen LogP contribution in [0.15, 0.2) is 0 Å². The zero-order chi connectivity index (χ0) is 10.9. The summed E-state index contributed by atoms with van der Waals surface area (Å²) >= 11 is 0. The van der Waals surface area contributed by atoms with Gasteiger partial charge in [-0.05, 0) is 42.9 Å². The van der Waals surface area contributed by atoms with Gasteiger partial charge in [-0.15, -0.1) is 0 Å². The van der Waals surface area contributed by atoms with Crippen LogP contribution < -0.4 is 5.32 Å². The molecule has 0 spiro atoms. The topological polar surface area (TPSA) is 12.0 Å². The molecule has 0 aromatic heterocycles. The molecule has 2 rings (SSSR count). The molecule has 0 amide bonds. The highest BCUT2D eigenvalue weighted by Crippen LogP contribution is 2.44. The summed E-state index contributed by atoms with van der Waals surface area (Å²) in [4.78, 5) is 0. The lowest BCUT2D eigenvalue weighted by molar-refractivity contribution is 0.110. The highest BCUT2D eigenvalue weighted by molar-refractivity contribution is 4.94. The molecule has 0 aliphatic heterocycles. The summed E-state index contributed by atoms with van der Waals surface area (Å²) in [6.45, 7) is 8.49. The summed E-state index contributed by atoms with van der Waals surface area (Å²) < 4.78 is 0. The molecule has 1 nitrogen and oxygen atoms in total. The fourth-order valence-corrected chi connectivity index (χ4v) is 3.38. The molecule has 0 heterocycles. The molecule has 0 aromatic carbocycles. The van der Waals surface area contributed by atoms with Crippen LogP contribution >= 0.6 is 0 Å². The summed E-state index contributed by atoms with van der Waals surface area (Å²) in [6, 6.07) is 0.779. The Morgan fingerprint density at radius 2 is 1.87 bits per heavy atom. The van der Waals surface area contributed by atoms with E-state index in [1.807, 2.05) is 0 Å². The third-order valence-electron chi connectivity index (χ3n) is 5.14. The Balaban J connectivity index is 1.82. The summed E-state index contributed by atoms with van der Waals surface area (Å²) in [6.07, 6.45) is 9.98. The monoisotopic (exact) mass is 209 g/mol. The predicted molar refractivity (Wildman–Crippen MR) is 66.0 cm³/mol. The Bertz CT molecular complexity index is 210. The third kappa shape index (κ3) is 2.22. The first-order chi connectivity index (χ1) is 7.08. The average Bonchev–Trinajstić information content (AvgIpc) is 2.45. The van der Waals surface area contributed by atoms with Gasteiger partial charge in [0.15, 0.2) is 0 Å². The van der Waals surface area contributed by atoms with Crippen molar-refractivity contribution in [2.75, 3.05) is 6.54 Å². The van der Waals surface area contributed by atoms with E-state index < -0.39 is 0 Å². The van der Waals surface area contributed by atoms with E-state index in [0.29, 0.717) is 10.8 Å². The van der Waals surface area contributed by atoms with E-state index in [0.717, 1.165) is 6.04 Å². The van der Waals surface area contributed by atoms with Gasteiger partial charge in [0, 0.05) is 12.6 Å². The molecule has 2 aliphatic carbocycles. The summed E-state index contributed by atoms with van der Waals surface area (Å²) in [5.74, 6) is 0. The molecule has 0 saturated heterocycles. The minimum absolute atomic E-state index is 0.540. The van der Waals surface area contributed by atoms with Gasteiger partial charge in [0.05, 0.1) is 0 Å². The molecule has 88 valence electrons. The number of nitrogens with one attached hydrogen (secondary N) is 1. The second-order valence-corrected chi connectivity index (χ2v) is 6.52. The van der Waals surface area contributed by atoms with Gasteiger partial charge in [0.25, 0.3) is 0 Å². The van der Waals surface area contributed by atoms with Crippen LogP contribution in [-0.4, -0.2) is 12.6 Å². The van der Waals surface area contributed by atoms with Gasteiger partial charge in [-0.1, -0.05) is 33.6 Å². The van der Waals surface area contributed by atoms with E-state index in [9.17, 15) is 0 Å². The Labute approximate surface area is 95.0 Å². The maximum Gasteiger partial charge on any atom is 0.0118 e. The molecule has 1 heteroatoms. The van der Waals surface area contributed by atoms with Gasteiger partial charge in [0.1, 0.15) is 0 Å². The van der Waals surface area contributed by atoms with E-state index in [1.165, 1.54) is 51.5 Å². The van der Waals surface area contributed by atoms with E-state index in [1.54, 1.807) is 0 Å². The van der Waals surface area contributed by atoms with Crippen LogP contribution in [0.1, 0.15) is 65.7 Å². The highest BCUT2D eigenvalue weighted by atomic mass is 15.0. The average molecular weight is 209 g/mol. The van der Waals surface area contributed by atoms with Crippen molar-refractivity contribution in [1.82, 2.24) is 5.32 Å². The molecule has 1 unspecified atom stereocenters. The molecular weight excluding hydrogens is 182 g/mol. The molecule has 15 heavy (non-hydrogen) atoms. The van der Waals surface area contributed by atoms with Crippen LogP contribution in [0.3, 0.4) is 0 Å². The van der Waals surface area contributed by atoms with Crippen LogP contribution in [-0.2, 0) is 0 Å². The van der Waals surface area contributed by atoms with Gasteiger partial charge in [0.2, 0.25) is 0 Å². The fourth-order valence-electron chi connectivity index (χ4n) is 3.38. The first kappa shape index (κ1) is 11.4. The maximum atomic E-state index is 3.87. The second kappa shape index (κ2) is 4.08. The molecule has 1 atom stereocenters. The van der Waals surface area contributed by atoms with Gasteiger partial charge in [-0.3, -0.25) is 0 Å². The number of hydrogen-bond acceptors (Lipinski definition) is 1. The molecule has 0 radical (unpaired) electrons. The zero-order valence-corrected chi connectivity index (χ0v) is 10.7. The molecule has 2 saturated carbocycles. The first-order valence-corrected chi connectivity index (χ1v) is 6.81. The Morgan fingerprint density at radius 3 is 2.27 bits per heavy atom. The van der Waals surface area contributed by atoms with Gasteiger partial charge in [-0.25, -0.2) is 0 Å². The van der Waals surface area contributed by atoms with E-state index in [-0.39, 0.29) is 0 Å². The van der Waals surface area contributed by atoms with Gasteiger partial charge >= 0.3 is 0 Å². The van der Waals surface area contributed by atoms with Gasteiger partial charge < -0.3 is 5.32 Å². The lowest BCUT2D eigenvalue weighted by atomic mass is 9.67. The molecule has 1 N–H and O–H groups in total. The molecular formula is C14H27N. The SMILES string of the molecule is CCC1(CNC2CCCC2(C)C)CCC1. The van der Waals surface area contributed by atoms with Crippen molar-refractivity contribution < 1.29 is 0 Å². The molecule has 2 fully saturated rings. The normalized spacial score (nSPS) is 32.6. The quantitative estimate of drug-likeness (QED) is 0.744. The summed E-state index contributed by atoms with van der Waals surface area (Å²) in [5, 5.41) is 3.87. The summed E-state index contributed by atoms with van der Waals surface area (Å²) in [7, 11) is 0. The van der Waals surface area contributed by atoms with Crippen LogP contribution in [0.2, 0.25) is 0 Å². The van der Waals surface area contributed by atoms with Crippen molar-refractivity contribution in [2.45, 2.75) is 71.8 Å². The van der Waals surface area contributed by atoms with Crippen LogP contribution in [0.25, 0.3) is 0 Å². The molecule has 0 bridgehead atoms. The van der Waals surface area contributed by atoms with Crippen molar-refractivity contribution in [2.24, 2.45) is 10.8 Å². The maximum absolute atomic E-state index is 3.87. The van der Waals surface area contributed by atoms with E-state index in [2.05, 4.69) is 26.1 Å². The smallest absolute Gasteiger partial charge is 0.0118 e. The Hall–Kier alpha value is -0.0400. The Kier molecular flexibility index (Phi) is 3.12. The zero-order valence-electron chi connectivity index (χ0n) is 10.7. The standard InChI is InChI=1S/C14H27N/c1-4-14(9-6-10-14)11-15-12-7-5-8-13(12,2)3/h12,15H,4-11H2,1-3H3. The lowest BCUT2D eigenvalue weighted by Crippen LogP contribution is -2.46. The van der Waals surface area contributed by atoms with Crippen LogP contribution in [0.4, 0.5) is 0 Å². The minimum Gasteiger partial charge on any atom is -0.313 e. The number of rotatable bonds is 4. The molecule has 2 aliphatic rings. The summed E-state index contributed by atoms with van der Waals surface area (Å²) in [5.41, 5.74) is 1.22. The van der Waals surface area contributed by atoms with Gasteiger partial charge in [-0.2, -0.15) is 0 Å². The first-order valence-electron chi connectivity index (χ1n) is 6.81. The highest BCUT2D eigenvalue weighted by Gasteiger charge is 2.39. The van der Waals surface area contributed by atoms with Crippen molar-refractivity contribution in [3.05, 3.63) is 0 Å². The van der Waals surface area contributed by atoms with Crippen molar-refractivity contribution in [1.29, 1.82) is 0 Å². The van der Waals surface area contributed by atoms with Crippen molar-refractivity contribution in [3.63, 3.8) is 0 Å². The third-order valence-corrected chi connectivity index (χ3v) is 5.14. The largest absolute Gasteiger partial charge is 0.313 e. The van der Waals surface area contributed by atoms with Crippen molar-refractivity contribution in [3.8, 4) is 0 Å². The lowest BCUT2D eigenvalue weighted by Gasteiger charge is -2.43. The van der Waals surface area contributed by atoms with E-state index in [4.69, 9.17) is 0 Å². The fraction of sp³-hybridized carbons (Fsp3) is 1.00. The van der Waals surface area contributed by atoms with Crippen LogP contribution in [0, 0.1) is 10.8 Å². The molecule has 0 aromatic rings. The second-order valence-electron chi connectivity index (χ2n) is 6.52. The van der Waals surface area contributed by atoms with Crippen LogP contribution in [0.5, 0.6) is 0 Å². The van der Waals surface area contributed by atoms with E-state index >= 15 is 0 Å².